The van der Waals surface area contributed by atoms with Gasteiger partial charge in [0.2, 0.25) is 0 Å². The predicted molar refractivity (Wildman–Crippen MR) is 117 cm³/mol. The second-order valence-corrected chi connectivity index (χ2v) is 7.22. The van der Waals surface area contributed by atoms with Crippen molar-refractivity contribution in [2.24, 2.45) is 0 Å². The number of rotatable bonds is 2. The molecule has 0 saturated heterocycles. The van der Waals surface area contributed by atoms with Crippen molar-refractivity contribution in [3.8, 4) is 16.9 Å². The highest BCUT2D eigenvalue weighted by Crippen LogP contribution is 2.38. The van der Waals surface area contributed by atoms with Gasteiger partial charge in [0.25, 0.3) is 0 Å². The molecule has 0 aliphatic heterocycles. The van der Waals surface area contributed by atoms with Crippen molar-refractivity contribution in [1.82, 2.24) is 0 Å². The fraction of sp³-hybridized carbons (Fsp3) is 0. The van der Waals surface area contributed by atoms with Crippen LogP contribution in [0.25, 0.3) is 21.9 Å². The van der Waals surface area contributed by atoms with Gasteiger partial charge in [-0.1, -0.05) is 53.5 Å². The maximum absolute atomic E-state index is 14.0. The van der Waals surface area contributed by atoms with Crippen molar-refractivity contribution in [3.05, 3.63) is 94.5 Å². The third-order valence-corrected chi connectivity index (χ3v) is 4.81. The van der Waals surface area contributed by atoms with Crippen molar-refractivity contribution < 1.29 is 23.9 Å². The van der Waals surface area contributed by atoms with Gasteiger partial charge >= 0.3 is 7.12 Å². The third-order valence-electron chi connectivity index (χ3n) is 4.34. The van der Waals surface area contributed by atoms with Crippen LogP contribution in [0.2, 0.25) is 10.0 Å². The fourth-order valence-electron chi connectivity index (χ4n) is 2.94. The summed E-state index contributed by atoms with van der Waals surface area (Å²) in [7, 11) is -1.81. The highest BCUT2D eigenvalue weighted by Gasteiger charge is 2.16. The molecule has 0 unspecified atom stereocenters. The molecule has 0 atom stereocenters. The zero-order chi connectivity index (χ0) is 21.8. The first kappa shape index (κ1) is 22.1. The van der Waals surface area contributed by atoms with Gasteiger partial charge < -0.3 is 15.2 Å². The number of halogens is 4. The molecule has 0 spiro atoms. The molecule has 152 valence electrons. The Kier molecular flexibility index (Phi) is 6.95. The summed E-state index contributed by atoms with van der Waals surface area (Å²) in [4.78, 5) is 0. The van der Waals surface area contributed by atoms with Crippen molar-refractivity contribution in [1.29, 1.82) is 0 Å². The van der Waals surface area contributed by atoms with E-state index in [2.05, 4.69) is 0 Å². The minimum Gasteiger partial charge on any atom is -0.507 e. The summed E-state index contributed by atoms with van der Waals surface area (Å²) in [6, 6.07) is 18.8. The van der Waals surface area contributed by atoms with Crippen LogP contribution in [0.5, 0.6) is 5.75 Å². The summed E-state index contributed by atoms with van der Waals surface area (Å²) in [5.41, 5.74) is 0.567. The molecule has 0 aromatic heterocycles. The quantitative estimate of drug-likeness (QED) is 0.372. The van der Waals surface area contributed by atoms with Gasteiger partial charge in [-0.15, -0.1) is 0 Å². The maximum atomic E-state index is 14.0. The fourth-order valence-corrected chi connectivity index (χ4v) is 3.30. The minimum absolute atomic E-state index is 0.0415. The van der Waals surface area contributed by atoms with Crippen molar-refractivity contribution in [2.45, 2.75) is 0 Å². The summed E-state index contributed by atoms with van der Waals surface area (Å²) < 4.78 is 26.6. The summed E-state index contributed by atoms with van der Waals surface area (Å²) in [5, 5.41) is 29.7. The average Bonchev–Trinajstić information content (AvgIpc) is 2.72. The Hall–Kier alpha value is -2.64. The van der Waals surface area contributed by atoms with E-state index in [4.69, 9.17) is 33.2 Å². The van der Waals surface area contributed by atoms with Gasteiger partial charge in [-0.05, 0) is 53.2 Å². The second kappa shape index (κ2) is 9.45. The summed E-state index contributed by atoms with van der Waals surface area (Å²) in [6.07, 6.45) is 0. The van der Waals surface area contributed by atoms with Crippen molar-refractivity contribution in [2.75, 3.05) is 0 Å². The number of phenolic OH excluding ortho intramolecular Hbond substituents is 1. The molecule has 0 saturated carbocycles. The zero-order valence-corrected chi connectivity index (χ0v) is 16.9. The summed E-state index contributed by atoms with van der Waals surface area (Å²) >= 11 is 11.4. The molecule has 8 heteroatoms. The molecule has 3 nitrogen and oxygen atoms in total. The number of hydrogen-bond donors (Lipinski definition) is 3. The van der Waals surface area contributed by atoms with Gasteiger partial charge in [0.15, 0.2) is 0 Å². The van der Waals surface area contributed by atoms with E-state index in [-0.39, 0.29) is 16.2 Å². The normalized spacial score (nSPS) is 10.5. The van der Waals surface area contributed by atoms with Gasteiger partial charge in [0.05, 0.1) is 0 Å². The molecule has 0 aliphatic rings. The van der Waals surface area contributed by atoms with Gasteiger partial charge in [-0.25, -0.2) is 8.78 Å². The molecule has 0 heterocycles. The Labute approximate surface area is 181 Å². The van der Waals surface area contributed by atoms with Crippen LogP contribution in [0, 0.1) is 11.6 Å². The third kappa shape index (κ3) is 4.91. The molecule has 0 amide bonds. The van der Waals surface area contributed by atoms with E-state index in [1.54, 1.807) is 12.1 Å². The zero-order valence-electron chi connectivity index (χ0n) is 15.4. The molecular formula is C22H15BCl2F2O3. The van der Waals surface area contributed by atoms with Crippen LogP contribution in [0.4, 0.5) is 8.78 Å². The molecular weight excluding hydrogens is 432 g/mol. The minimum atomic E-state index is -1.81. The monoisotopic (exact) mass is 446 g/mol. The van der Waals surface area contributed by atoms with Crippen LogP contribution < -0.4 is 5.46 Å². The van der Waals surface area contributed by atoms with Gasteiger partial charge in [0, 0.05) is 26.6 Å². The lowest BCUT2D eigenvalue weighted by Gasteiger charge is -2.10. The molecule has 0 fully saturated rings. The van der Waals surface area contributed by atoms with Crippen LogP contribution in [0.3, 0.4) is 0 Å². The largest absolute Gasteiger partial charge is 0.507 e. The smallest absolute Gasteiger partial charge is 0.491 e. The molecule has 0 radical (unpaired) electrons. The van der Waals surface area contributed by atoms with Crippen LogP contribution >= 0.6 is 23.2 Å². The molecule has 3 N–H and O–H groups in total. The summed E-state index contributed by atoms with van der Waals surface area (Å²) in [5.74, 6) is -1.04. The average molecular weight is 447 g/mol. The topological polar surface area (TPSA) is 60.7 Å². The molecule has 4 rings (SSSR count). The number of hydrogen-bond acceptors (Lipinski definition) is 3. The lowest BCUT2D eigenvalue weighted by Crippen LogP contribution is -2.32. The van der Waals surface area contributed by atoms with E-state index >= 15 is 0 Å². The predicted octanol–water partition coefficient (Wildman–Crippen LogP) is 5.16. The van der Waals surface area contributed by atoms with E-state index < -0.39 is 18.8 Å². The lowest BCUT2D eigenvalue weighted by molar-refractivity contribution is 0.423. The van der Waals surface area contributed by atoms with Crippen LogP contribution in [-0.2, 0) is 0 Å². The highest BCUT2D eigenvalue weighted by atomic mass is 35.5. The second-order valence-electron chi connectivity index (χ2n) is 6.34. The highest BCUT2D eigenvalue weighted by molar-refractivity contribution is 6.59. The van der Waals surface area contributed by atoms with Crippen LogP contribution in [0.15, 0.2) is 72.8 Å². The van der Waals surface area contributed by atoms with E-state index in [1.807, 2.05) is 24.3 Å². The number of fused-ring (bicyclic) bond motifs is 1. The maximum Gasteiger partial charge on any atom is 0.491 e. The van der Waals surface area contributed by atoms with Crippen molar-refractivity contribution >= 4 is 46.6 Å². The van der Waals surface area contributed by atoms with E-state index in [0.29, 0.717) is 16.1 Å². The van der Waals surface area contributed by atoms with Crippen LogP contribution in [-0.4, -0.2) is 22.3 Å². The number of benzene rings is 4. The Morgan fingerprint density at radius 1 is 0.733 bits per heavy atom. The SMILES string of the molecule is OB(O)c1cc(Cl)ccc1F.Oc1ccc2ccccc2c1-c1cc(Cl)ccc1F. The first-order valence-corrected chi connectivity index (χ1v) is 9.50. The molecule has 30 heavy (non-hydrogen) atoms. The standard InChI is InChI=1S/C16H10ClFO.C6H5BClFO2/c17-11-6-7-14(18)13(9-11)16-12-4-2-1-3-10(12)5-8-15(16)19;8-4-1-2-6(9)5(3-4)7(10)11/h1-9,19H;1-3,10-11H. The van der Waals surface area contributed by atoms with Crippen LogP contribution in [0.1, 0.15) is 0 Å². The van der Waals surface area contributed by atoms with Gasteiger partial charge in [-0.2, -0.15) is 0 Å². The molecule has 4 aromatic carbocycles. The van der Waals surface area contributed by atoms with Gasteiger partial charge in [0.1, 0.15) is 17.4 Å². The summed E-state index contributed by atoms with van der Waals surface area (Å²) in [6.45, 7) is 0. The Balaban J connectivity index is 0.000000199. The Morgan fingerprint density at radius 3 is 2.03 bits per heavy atom. The van der Waals surface area contributed by atoms with Crippen molar-refractivity contribution in [3.63, 3.8) is 0 Å². The van der Waals surface area contributed by atoms with E-state index in [0.717, 1.165) is 16.8 Å². The Morgan fingerprint density at radius 2 is 1.37 bits per heavy atom. The van der Waals surface area contributed by atoms with E-state index in [1.165, 1.54) is 30.3 Å². The number of phenols is 1. The van der Waals surface area contributed by atoms with Gasteiger partial charge in [-0.3, -0.25) is 0 Å². The Bertz CT molecular complexity index is 1200. The molecule has 0 bridgehead atoms. The first-order chi connectivity index (χ1) is 14.3. The first-order valence-electron chi connectivity index (χ1n) is 8.75. The lowest BCUT2D eigenvalue weighted by atomic mass is 9.80. The van der Waals surface area contributed by atoms with E-state index in [9.17, 15) is 13.9 Å². The number of aromatic hydroxyl groups is 1. The molecule has 0 aliphatic carbocycles. The molecule has 4 aromatic rings.